The largest absolute Gasteiger partial charge is 0.336 e. The van der Waals surface area contributed by atoms with E-state index < -0.39 is 0 Å². The molecule has 6 nitrogen and oxygen atoms in total. The van der Waals surface area contributed by atoms with Gasteiger partial charge >= 0.3 is 6.03 Å². The third kappa shape index (κ3) is 3.66. The van der Waals surface area contributed by atoms with E-state index in [-0.39, 0.29) is 12.1 Å². The zero-order chi connectivity index (χ0) is 18.8. The van der Waals surface area contributed by atoms with E-state index in [1.165, 1.54) is 22.0 Å². The van der Waals surface area contributed by atoms with Crippen molar-refractivity contribution in [2.45, 2.75) is 19.1 Å². The molecule has 1 aromatic heterocycles. The summed E-state index contributed by atoms with van der Waals surface area (Å²) in [5, 5.41) is 10.0. The molecule has 0 unspecified atom stereocenters. The Bertz CT molecular complexity index is 943. The maximum atomic E-state index is 11.9. The SMILES string of the molecule is CN(C)C(=O)NC[C@H]1CN(Cc2cccc3ccccc23)Cc2ccnn21. The molecule has 2 amide bonds. The molecule has 3 aromatic rings. The van der Waals surface area contributed by atoms with Crippen LogP contribution in [0.3, 0.4) is 0 Å². The van der Waals surface area contributed by atoms with Gasteiger partial charge in [-0.1, -0.05) is 42.5 Å². The summed E-state index contributed by atoms with van der Waals surface area (Å²) in [4.78, 5) is 15.9. The minimum absolute atomic E-state index is 0.0742. The molecule has 6 heteroatoms. The summed E-state index contributed by atoms with van der Waals surface area (Å²) in [6.45, 7) is 3.16. The Hall–Kier alpha value is -2.86. The van der Waals surface area contributed by atoms with Crippen molar-refractivity contribution in [2.24, 2.45) is 0 Å². The second-order valence-corrected chi connectivity index (χ2v) is 7.31. The van der Waals surface area contributed by atoms with E-state index in [9.17, 15) is 4.79 Å². The second kappa shape index (κ2) is 7.40. The van der Waals surface area contributed by atoms with Gasteiger partial charge in [0.2, 0.25) is 0 Å². The van der Waals surface area contributed by atoms with Gasteiger partial charge in [-0.15, -0.1) is 0 Å². The van der Waals surface area contributed by atoms with Gasteiger partial charge in [0.1, 0.15) is 0 Å². The fourth-order valence-electron chi connectivity index (χ4n) is 3.77. The van der Waals surface area contributed by atoms with Crippen molar-refractivity contribution in [3.63, 3.8) is 0 Å². The van der Waals surface area contributed by atoms with Crippen LogP contribution in [-0.4, -0.2) is 52.8 Å². The maximum absolute atomic E-state index is 11.9. The number of rotatable bonds is 4. The molecule has 1 aliphatic heterocycles. The standard InChI is InChI=1S/C21H25N5O/c1-24(2)21(27)22-12-19-15-25(14-18-10-11-23-26(18)19)13-17-8-5-7-16-6-3-4-9-20(16)17/h3-11,19H,12-15H2,1-2H3,(H,22,27)/t19-/m0/s1. The fraction of sp³-hybridized carbons (Fsp3) is 0.333. The van der Waals surface area contributed by atoms with Crippen LogP contribution in [0.4, 0.5) is 4.79 Å². The van der Waals surface area contributed by atoms with E-state index in [4.69, 9.17) is 0 Å². The first kappa shape index (κ1) is 17.5. The molecule has 1 N–H and O–H groups in total. The average Bonchev–Trinajstić information content (AvgIpc) is 3.15. The minimum Gasteiger partial charge on any atom is -0.336 e. The van der Waals surface area contributed by atoms with Crippen LogP contribution in [0, 0.1) is 0 Å². The molecule has 2 aromatic carbocycles. The van der Waals surface area contributed by atoms with Crippen molar-refractivity contribution in [1.29, 1.82) is 0 Å². The molecule has 1 aliphatic rings. The molecule has 0 bridgehead atoms. The predicted molar refractivity (Wildman–Crippen MR) is 106 cm³/mol. The van der Waals surface area contributed by atoms with Gasteiger partial charge in [-0.05, 0) is 22.4 Å². The van der Waals surface area contributed by atoms with Gasteiger partial charge < -0.3 is 10.2 Å². The topological polar surface area (TPSA) is 53.4 Å². The van der Waals surface area contributed by atoms with E-state index >= 15 is 0 Å². The number of amides is 2. The van der Waals surface area contributed by atoms with Crippen LogP contribution in [0.25, 0.3) is 10.8 Å². The summed E-state index contributed by atoms with van der Waals surface area (Å²) in [5.41, 5.74) is 2.52. The van der Waals surface area contributed by atoms with Crippen LogP contribution in [0.5, 0.6) is 0 Å². The van der Waals surface area contributed by atoms with Gasteiger partial charge in [0, 0.05) is 46.5 Å². The zero-order valence-electron chi connectivity index (χ0n) is 15.8. The molecule has 1 atom stereocenters. The second-order valence-electron chi connectivity index (χ2n) is 7.31. The van der Waals surface area contributed by atoms with Gasteiger partial charge in [-0.2, -0.15) is 5.10 Å². The van der Waals surface area contributed by atoms with Crippen molar-refractivity contribution < 1.29 is 4.79 Å². The van der Waals surface area contributed by atoms with Gasteiger partial charge in [0.15, 0.2) is 0 Å². The first-order chi connectivity index (χ1) is 13.1. The molecule has 140 valence electrons. The van der Waals surface area contributed by atoms with Crippen molar-refractivity contribution >= 4 is 16.8 Å². The Morgan fingerprint density at radius 3 is 2.85 bits per heavy atom. The predicted octanol–water partition coefficient (Wildman–Crippen LogP) is 2.86. The highest BCUT2D eigenvalue weighted by Gasteiger charge is 2.26. The molecule has 0 radical (unpaired) electrons. The number of hydrogen-bond donors (Lipinski definition) is 1. The molecule has 27 heavy (non-hydrogen) atoms. The highest BCUT2D eigenvalue weighted by Crippen LogP contribution is 2.25. The lowest BCUT2D eigenvalue weighted by atomic mass is 10.0. The number of fused-ring (bicyclic) bond motifs is 2. The van der Waals surface area contributed by atoms with Gasteiger partial charge in [0.25, 0.3) is 0 Å². The van der Waals surface area contributed by atoms with Gasteiger partial charge in [0.05, 0.1) is 11.7 Å². The minimum atomic E-state index is -0.0742. The number of carbonyl (C=O) groups excluding carboxylic acids is 1. The van der Waals surface area contributed by atoms with Crippen LogP contribution in [0.1, 0.15) is 17.3 Å². The Kier molecular flexibility index (Phi) is 4.81. The number of urea groups is 1. The molecular formula is C21H25N5O. The molecular weight excluding hydrogens is 338 g/mol. The number of hydrogen-bond acceptors (Lipinski definition) is 3. The normalized spacial score (nSPS) is 16.9. The zero-order valence-corrected chi connectivity index (χ0v) is 15.8. The molecule has 2 heterocycles. The van der Waals surface area contributed by atoms with Gasteiger partial charge in [-0.3, -0.25) is 9.58 Å². The lowest BCUT2D eigenvalue weighted by molar-refractivity contribution is 0.162. The van der Waals surface area contributed by atoms with Crippen LogP contribution < -0.4 is 5.32 Å². The highest BCUT2D eigenvalue weighted by molar-refractivity contribution is 5.85. The number of carbonyl (C=O) groups is 1. The van der Waals surface area contributed by atoms with E-state index in [1.54, 1.807) is 19.0 Å². The van der Waals surface area contributed by atoms with Crippen molar-refractivity contribution in [3.8, 4) is 0 Å². The van der Waals surface area contributed by atoms with E-state index in [2.05, 4.69) is 68.5 Å². The van der Waals surface area contributed by atoms with E-state index in [0.29, 0.717) is 6.54 Å². The third-order valence-electron chi connectivity index (χ3n) is 5.12. The summed E-state index contributed by atoms with van der Waals surface area (Å²) in [6.07, 6.45) is 1.84. The summed E-state index contributed by atoms with van der Waals surface area (Å²) in [7, 11) is 3.50. The first-order valence-corrected chi connectivity index (χ1v) is 9.28. The molecule has 0 saturated heterocycles. The molecule has 0 fully saturated rings. The summed E-state index contributed by atoms with van der Waals surface area (Å²) >= 11 is 0. The van der Waals surface area contributed by atoms with E-state index in [1.807, 2.05) is 6.20 Å². The molecule has 0 saturated carbocycles. The lowest BCUT2D eigenvalue weighted by Gasteiger charge is -2.34. The fourth-order valence-corrected chi connectivity index (χ4v) is 3.77. The Morgan fingerprint density at radius 1 is 1.19 bits per heavy atom. The number of nitrogens with zero attached hydrogens (tertiary/aromatic N) is 4. The van der Waals surface area contributed by atoms with Crippen molar-refractivity contribution in [3.05, 3.63) is 66.0 Å². The molecule has 4 rings (SSSR count). The lowest BCUT2D eigenvalue weighted by Crippen LogP contribution is -2.44. The van der Waals surface area contributed by atoms with Crippen LogP contribution in [0.2, 0.25) is 0 Å². The first-order valence-electron chi connectivity index (χ1n) is 9.28. The quantitative estimate of drug-likeness (QED) is 0.775. The van der Waals surface area contributed by atoms with Crippen LogP contribution in [-0.2, 0) is 13.1 Å². The summed E-state index contributed by atoms with van der Waals surface area (Å²) in [5.74, 6) is 0. The smallest absolute Gasteiger partial charge is 0.316 e. The monoisotopic (exact) mass is 363 g/mol. The Morgan fingerprint density at radius 2 is 2.00 bits per heavy atom. The van der Waals surface area contributed by atoms with Crippen molar-refractivity contribution in [1.82, 2.24) is 24.9 Å². The number of nitrogens with one attached hydrogen (secondary N) is 1. The Labute approximate surface area is 159 Å². The molecule has 0 aliphatic carbocycles. The molecule has 0 spiro atoms. The number of aromatic nitrogens is 2. The average molecular weight is 363 g/mol. The van der Waals surface area contributed by atoms with Crippen LogP contribution in [0.15, 0.2) is 54.7 Å². The third-order valence-corrected chi connectivity index (χ3v) is 5.12. The summed E-state index contributed by atoms with van der Waals surface area (Å²) < 4.78 is 2.05. The van der Waals surface area contributed by atoms with Crippen LogP contribution >= 0.6 is 0 Å². The Balaban J connectivity index is 1.53. The van der Waals surface area contributed by atoms with E-state index in [0.717, 1.165) is 19.6 Å². The number of benzene rings is 2. The van der Waals surface area contributed by atoms with Crippen molar-refractivity contribution in [2.75, 3.05) is 27.2 Å². The maximum Gasteiger partial charge on any atom is 0.316 e. The van der Waals surface area contributed by atoms with Gasteiger partial charge in [-0.25, -0.2) is 4.79 Å². The summed E-state index contributed by atoms with van der Waals surface area (Å²) in [6, 6.07) is 17.1. The highest BCUT2D eigenvalue weighted by atomic mass is 16.2.